The van der Waals surface area contributed by atoms with Crippen LogP contribution in [0.15, 0.2) is 24.3 Å². The first kappa shape index (κ1) is 15.2. The maximum absolute atomic E-state index is 12.5. The molecular formula is C16H22F3N. The normalized spacial score (nSPS) is 23.9. The van der Waals surface area contributed by atoms with Crippen LogP contribution in [0, 0.1) is 11.8 Å². The molecule has 1 N–H and O–H groups in total. The van der Waals surface area contributed by atoms with Crippen molar-refractivity contribution in [2.75, 3.05) is 5.32 Å². The number of nitrogens with one attached hydrogen (secondary N) is 1. The van der Waals surface area contributed by atoms with Crippen LogP contribution in [-0.4, -0.2) is 6.04 Å². The largest absolute Gasteiger partial charge is 0.416 e. The van der Waals surface area contributed by atoms with Gasteiger partial charge in [0.2, 0.25) is 0 Å². The molecule has 0 aliphatic heterocycles. The van der Waals surface area contributed by atoms with Gasteiger partial charge in [-0.1, -0.05) is 13.8 Å². The number of halogens is 3. The van der Waals surface area contributed by atoms with E-state index in [-0.39, 0.29) is 0 Å². The molecule has 0 unspecified atom stereocenters. The Balaban J connectivity index is 1.89. The van der Waals surface area contributed by atoms with Crippen LogP contribution in [0.2, 0.25) is 0 Å². The van der Waals surface area contributed by atoms with E-state index in [1.807, 2.05) is 0 Å². The second-order valence-electron chi connectivity index (χ2n) is 6.08. The minimum Gasteiger partial charge on any atom is -0.382 e. The summed E-state index contributed by atoms with van der Waals surface area (Å²) in [6.07, 6.45) is 0.355. The maximum Gasteiger partial charge on any atom is 0.416 e. The SMILES string of the molecule is CC(C)C1CCC(Nc2ccc(C(F)(F)F)cc2)CC1. The highest BCUT2D eigenvalue weighted by atomic mass is 19.4. The van der Waals surface area contributed by atoms with Crippen LogP contribution in [0.5, 0.6) is 0 Å². The van der Waals surface area contributed by atoms with Crippen LogP contribution in [0.3, 0.4) is 0 Å². The van der Waals surface area contributed by atoms with Gasteiger partial charge in [0, 0.05) is 11.7 Å². The van der Waals surface area contributed by atoms with E-state index in [4.69, 9.17) is 0 Å². The molecule has 0 aromatic heterocycles. The molecular weight excluding hydrogens is 263 g/mol. The Morgan fingerprint density at radius 3 is 2.00 bits per heavy atom. The summed E-state index contributed by atoms with van der Waals surface area (Å²) in [6, 6.07) is 5.72. The third-order valence-electron chi connectivity index (χ3n) is 4.30. The zero-order valence-corrected chi connectivity index (χ0v) is 12.0. The molecule has 1 nitrogen and oxygen atoms in total. The Kier molecular flexibility index (Phi) is 4.61. The van der Waals surface area contributed by atoms with Crippen molar-refractivity contribution in [3.8, 4) is 0 Å². The fraction of sp³-hybridized carbons (Fsp3) is 0.625. The average molecular weight is 285 g/mol. The van der Waals surface area contributed by atoms with E-state index in [9.17, 15) is 13.2 Å². The molecule has 1 fully saturated rings. The first-order chi connectivity index (χ1) is 9.36. The third-order valence-corrected chi connectivity index (χ3v) is 4.30. The van der Waals surface area contributed by atoms with E-state index in [1.54, 1.807) is 0 Å². The number of hydrogen-bond donors (Lipinski definition) is 1. The van der Waals surface area contributed by atoms with Crippen molar-refractivity contribution in [3.05, 3.63) is 29.8 Å². The number of hydrogen-bond acceptors (Lipinski definition) is 1. The molecule has 0 bridgehead atoms. The zero-order chi connectivity index (χ0) is 14.8. The van der Waals surface area contributed by atoms with Crippen molar-refractivity contribution >= 4 is 5.69 Å². The van der Waals surface area contributed by atoms with Crippen LogP contribution in [0.1, 0.15) is 45.1 Å². The Morgan fingerprint density at radius 1 is 1.00 bits per heavy atom. The molecule has 0 atom stereocenters. The Hall–Kier alpha value is -1.19. The second-order valence-corrected chi connectivity index (χ2v) is 6.08. The fourth-order valence-electron chi connectivity index (χ4n) is 2.92. The lowest BCUT2D eigenvalue weighted by molar-refractivity contribution is -0.137. The molecule has 20 heavy (non-hydrogen) atoms. The monoisotopic (exact) mass is 285 g/mol. The summed E-state index contributed by atoms with van der Waals surface area (Å²) in [7, 11) is 0. The minimum absolute atomic E-state index is 0.390. The maximum atomic E-state index is 12.5. The lowest BCUT2D eigenvalue weighted by atomic mass is 9.79. The molecule has 1 aromatic carbocycles. The topological polar surface area (TPSA) is 12.0 Å². The van der Waals surface area contributed by atoms with E-state index >= 15 is 0 Å². The van der Waals surface area contributed by atoms with Crippen molar-refractivity contribution < 1.29 is 13.2 Å². The van der Waals surface area contributed by atoms with Gasteiger partial charge in [0.1, 0.15) is 0 Å². The number of alkyl halides is 3. The van der Waals surface area contributed by atoms with Gasteiger partial charge in [-0.05, 0) is 61.8 Å². The van der Waals surface area contributed by atoms with Gasteiger partial charge in [-0.2, -0.15) is 13.2 Å². The lowest BCUT2D eigenvalue weighted by Crippen LogP contribution is -2.27. The summed E-state index contributed by atoms with van der Waals surface area (Å²) in [6.45, 7) is 4.52. The predicted molar refractivity (Wildman–Crippen MR) is 75.7 cm³/mol. The van der Waals surface area contributed by atoms with Crippen molar-refractivity contribution in [1.29, 1.82) is 0 Å². The van der Waals surface area contributed by atoms with Crippen molar-refractivity contribution in [3.63, 3.8) is 0 Å². The van der Waals surface area contributed by atoms with Gasteiger partial charge in [0.05, 0.1) is 5.56 Å². The highest BCUT2D eigenvalue weighted by Crippen LogP contribution is 2.32. The van der Waals surface area contributed by atoms with Gasteiger partial charge in [0.25, 0.3) is 0 Å². The highest BCUT2D eigenvalue weighted by Gasteiger charge is 2.30. The van der Waals surface area contributed by atoms with Crippen LogP contribution in [0.4, 0.5) is 18.9 Å². The molecule has 112 valence electrons. The first-order valence-corrected chi connectivity index (χ1v) is 7.30. The molecule has 0 spiro atoms. The molecule has 1 saturated carbocycles. The van der Waals surface area contributed by atoms with Gasteiger partial charge >= 0.3 is 6.18 Å². The van der Waals surface area contributed by atoms with E-state index in [2.05, 4.69) is 19.2 Å². The molecule has 0 radical (unpaired) electrons. The number of anilines is 1. The summed E-state index contributed by atoms with van der Waals surface area (Å²) >= 11 is 0. The lowest BCUT2D eigenvalue weighted by Gasteiger charge is -2.31. The smallest absolute Gasteiger partial charge is 0.382 e. The van der Waals surface area contributed by atoms with Gasteiger partial charge in [-0.3, -0.25) is 0 Å². The summed E-state index contributed by atoms with van der Waals surface area (Å²) in [5.74, 6) is 1.52. The molecule has 1 aromatic rings. The number of rotatable bonds is 3. The Labute approximate surface area is 118 Å². The van der Waals surface area contributed by atoms with Crippen LogP contribution >= 0.6 is 0 Å². The Bertz CT molecular complexity index is 414. The third kappa shape index (κ3) is 3.90. The molecule has 0 heterocycles. The first-order valence-electron chi connectivity index (χ1n) is 7.30. The number of benzene rings is 1. The van der Waals surface area contributed by atoms with Crippen molar-refractivity contribution in [2.45, 2.75) is 51.7 Å². The average Bonchev–Trinajstić information content (AvgIpc) is 2.39. The van der Waals surface area contributed by atoms with E-state index in [1.165, 1.54) is 25.0 Å². The van der Waals surface area contributed by atoms with Gasteiger partial charge in [-0.15, -0.1) is 0 Å². The summed E-state index contributed by atoms with van der Waals surface area (Å²) in [5, 5.41) is 3.35. The second kappa shape index (κ2) is 6.06. The predicted octanol–water partition coefficient (Wildman–Crippen LogP) is 5.33. The Morgan fingerprint density at radius 2 is 1.55 bits per heavy atom. The summed E-state index contributed by atoms with van der Waals surface area (Å²) in [5.41, 5.74) is 0.192. The van der Waals surface area contributed by atoms with Crippen molar-refractivity contribution in [1.82, 2.24) is 0 Å². The van der Waals surface area contributed by atoms with Crippen molar-refractivity contribution in [2.24, 2.45) is 11.8 Å². The summed E-state index contributed by atoms with van der Waals surface area (Å²) < 4.78 is 37.4. The summed E-state index contributed by atoms with van der Waals surface area (Å²) in [4.78, 5) is 0. The fourth-order valence-corrected chi connectivity index (χ4v) is 2.92. The molecule has 0 amide bonds. The minimum atomic E-state index is -4.26. The van der Waals surface area contributed by atoms with E-state index in [0.717, 1.165) is 42.5 Å². The highest BCUT2D eigenvalue weighted by molar-refractivity contribution is 5.46. The van der Waals surface area contributed by atoms with Crippen LogP contribution in [-0.2, 0) is 6.18 Å². The van der Waals surface area contributed by atoms with Gasteiger partial charge in [-0.25, -0.2) is 0 Å². The van der Waals surface area contributed by atoms with Gasteiger partial charge < -0.3 is 5.32 Å². The molecule has 2 rings (SSSR count). The quantitative estimate of drug-likeness (QED) is 0.791. The molecule has 1 aliphatic carbocycles. The molecule has 1 aliphatic rings. The van der Waals surface area contributed by atoms with E-state index < -0.39 is 11.7 Å². The van der Waals surface area contributed by atoms with Crippen LogP contribution < -0.4 is 5.32 Å². The molecule has 4 heteroatoms. The molecule has 0 saturated heterocycles. The van der Waals surface area contributed by atoms with Gasteiger partial charge in [0.15, 0.2) is 0 Å². The van der Waals surface area contributed by atoms with E-state index in [0.29, 0.717) is 6.04 Å². The van der Waals surface area contributed by atoms with Crippen LogP contribution in [0.25, 0.3) is 0 Å². The zero-order valence-electron chi connectivity index (χ0n) is 12.0. The standard InChI is InChI=1S/C16H22F3N/c1-11(2)12-3-7-14(8-4-12)20-15-9-5-13(6-10-15)16(17,18)19/h5-6,9-12,14,20H,3-4,7-8H2,1-2H3.